The highest BCUT2D eigenvalue weighted by molar-refractivity contribution is 5.91. The van der Waals surface area contributed by atoms with Gasteiger partial charge in [-0.15, -0.1) is 5.10 Å². The molecule has 42 heavy (non-hydrogen) atoms. The van der Waals surface area contributed by atoms with Crippen LogP contribution in [0.25, 0.3) is 22.0 Å². The molecule has 0 aliphatic carbocycles. The quantitative estimate of drug-likeness (QED) is 0.184. The van der Waals surface area contributed by atoms with E-state index in [2.05, 4.69) is 84.1 Å². The molecule has 0 unspecified atom stereocenters. The van der Waals surface area contributed by atoms with Gasteiger partial charge < -0.3 is 35.9 Å². The molecule has 224 valence electrons. The maximum atomic E-state index is 6.38. The summed E-state index contributed by atoms with van der Waals surface area (Å²) in [7, 11) is 1.69. The molecular formula is C32H40BrN5O4. The fraction of sp³-hybridized carbons (Fsp3) is 0.469. The predicted octanol–water partition coefficient (Wildman–Crippen LogP) is 2.16. The Morgan fingerprint density at radius 2 is 1.83 bits per heavy atom. The van der Waals surface area contributed by atoms with E-state index in [9.17, 15) is 0 Å². The lowest BCUT2D eigenvalue weighted by Gasteiger charge is -2.29. The van der Waals surface area contributed by atoms with E-state index >= 15 is 0 Å². The van der Waals surface area contributed by atoms with Crippen LogP contribution in [0.4, 0.5) is 0 Å². The van der Waals surface area contributed by atoms with Crippen LogP contribution in [0.15, 0.2) is 42.7 Å². The smallest absolute Gasteiger partial charge is 0.231 e. The first-order valence-corrected chi connectivity index (χ1v) is 14.7. The Hall–Kier alpha value is -3.37. The molecule has 0 bridgehead atoms. The van der Waals surface area contributed by atoms with Crippen molar-refractivity contribution in [3.05, 3.63) is 54.0 Å². The fourth-order valence-electron chi connectivity index (χ4n) is 5.93. The average molecular weight is 639 g/mol. The third kappa shape index (κ3) is 6.06. The van der Waals surface area contributed by atoms with E-state index in [4.69, 9.17) is 18.9 Å². The number of hydrogen-bond donors (Lipinski definition) is 0. The number of methoxy groups -OCH3 is 1. The number of benzene rings is 2. The predicted molar refractivity (Wildman–Crippen MR) is 157 cm³/mol. The highest BCUT2D eigenvalue weighted by Gasteiger charge is 2.28. The lowest BCUT2D eigenvalue weighted by molar-refractivity contribution is -0.686. The highest BCUT2D eigenvalue weighted by Crippen LogP contribution is 2.41. The molecule has 2 aliphatic heterocycles. The van der Waals surface area contributed by atoms with Crippen LogP contribution in [0.1, 0.15) is 51.8 Å². The molecule has 10 heteroatoms. The Kier molecular flexibility index (Phi) is 9.22. The Morgan fingerprint density at radius 3 is 2.60 bits per heavy atom. The first-order valence-electron chi connectivity index (χ1n) is 14.7. The second-order valence-electron chi connectivity index (χ2n) is 11.5. The molecule has 2 aromatic carbocycles. The number of fused-ring (bicyclic) bond motifs is 5. The van der Waals surface area contributed by atoms with E-state index in [1.165, 1.54) is 16.8 Å². The van der Waals surface area contributed by atoms with Crippen molar-refractivity contribution < 1.29 is 40.5 Å². The van der Waals surface area contributed by atoms with Crippen molar-refractivity contribution in [2.45, 2.75) is 78.7 Å². The van der Waals surface area contributed by atoms with Gasteiger partial charge in [0.15, 0.2) is 35.7 Å². The lowest BCUT2D eigenvalue weighted by Crippen LogP contribution is -3.00. The van der Waals surface area contributed by atoms with E-state index in [-0.39, 0.29) is 23.8 Å². The monoisotopic (exact) mass is 637 g/mol. The minimum absolute atomic E-state index is 0. The van der Waals surface area contributed by atoms with Gasteiger partial charge in [-0.2, -0.15) is 4.57 Å². The first kappa shape index (κ1) is 30.1. The molecule has 4 aromatic rings. The van der Waals surface area contributed by atoms with Gasteiger partial charge in [0, 0.05) is 43.9 Å². The number of aryl methyl sites for hydroxylation is 3. The van der Waals surface area contributed by atoms with Crippen molar-refractivity contribution in [2.24, 2.45) is 0 Å². The number of ether oxygens (including phenoxy) is 4. The summed E-state index contributed by atoms with van der Waals surface area (Å²) in [6.07, 6.45) is 7.05. The number of halogens is 1. The van der Waals surface area contributed by atoms with Gasteiger partial charge >= 0.3 is 0 Å². The van der Waals surface area contributed by atoms with Crippen LogP contribution >= 0.6 is 0 Å². The third-order valence-electron chi connectivity index (χ3n) is 8.08. The van der Waals surface area contributed by atoms with Crippen LogP contribution < -0.4 is 40.5 Å². The number of pyridine rings is 1. The third-order valence-corrected chi connectivity index (χ3v) is 8.08. The normalized spacial score (nSPS) is 13.4. The number of unbranched alkanes of at least 4 members (excludes halogenated alkanes) is 1. The topological polar surface area (TPSA) is 74.8 Å². The standard InChI is InChI=1S/C32H40N5O4.BrH/c1-21(2)37(22(3)4)18-25-17-36(34-33-25)11-6-7-13-39-32-27-19-35-12-10-24-15-30-31(41-20-40-30)16-26(24)28(35)14-23(27)8-9-29(32)38-5;/h8-9,14-17,19,21-22H,6-7,10-13,18,20H2,1-5H3;1H/q+1;/p-1. The number of hydrogen-bond acceptors (Lipinski definition) is 7. The zero-order chi connectivity index (χ0) is 28.5. The van der Waals surface area contributed by atoms with Crippen LogP contribution in [0.2, 0.25) is 0 Å². The van der Waals surface area contributed by atoms with Gasteiger partial charge in [-0.1, -0.05) is 5.21 Å². The van der Waals surface area contributed by atoms with Crippen molar-refractivity contribution >= 4 is 10.8 Å². The summed E-state index contributed by atoms with van der Waals surface area (Å²) in [6, 6.07) is 11.5. The summed E-state index contributed by atoms with van der Waals surface area (Å²) in [5.41, 5.74) is 4.66. The van der Waals surface area contributed by atoms with E-state index in [0.29, 0.717) is 18.7 Å². The Morgan fingerprint density at radius 1 is 1.05 bits per heavy atom. The van der Waals surface area contributed by atoms with E-state index in [1.54, 1.807) is 7.11 Å². The minimum atomic E-state index is 0. The molecule has 0 amide bonds. The molecule has 0 atom stereocenters. The zero-order valence-corrected chi connectivity index (χ0v) is 26.7. The van der Waals surface area contributed by atoms with Crippen LogP contribution in [0.5, 0.6) is 23.0 Å². The van der Waals surface area contributed by atoms with E-state index in [0.717, 1.165) is 78.4 Å². The molecule has 0 N–H and O–H groups in total. The lowest BCUT2D eigenvalue weighted by atomic mass is 9.95. The summed E-state index contributed by atoms with van der Waals surface area (Å²) < 4.78 is 27.6. The molecule has 9 nitrogen and oxygen atoms in total. The minimum Gasteiger partial charge on any atom is -1.00 e. The molecule has 2 aromatic heterocycles. The maximum Gasteiger partial charge on any atom is 0.231 e. The molecular weight excluding hydrogens is 598 g/mol. The molecule has 0 saturated carbocycles. The average Bonchev–Trinajstić information content (AvgIpc) is 3.62. The largest absolute Gasteiger partial charge is 1.00 e. The van der Waals surface area contributed by atoms with Gasteiger partial charge in [0.2, 0.25) is 12.5 Å². The van der Waals surface area contributed by atoms with Crippen molar-refractivity contribution in [2.75, 3.05) is 20.5 Å². The van der Waals surface area contributed by atoms with Gasteiger partial charge in [0.1, 0.15) is 0 Å². The molecule has 0 saturated heterocycles. The van der Waals surface area contributed by atoms with E-state index < -0.39 is 0 Å². The van der Waals surface area contributed by atoms with Gasteiger partial charge in [-0.05, 0) is 75.8 Å². The van der Waals surface area contributed by atoms with E-state index in [1.807, 2.05) is 10.7 Å². The van der Waals surface area contributed by atoms with Crippen molar-refractivity contribution in [1.82, 2.24) is 19.9 Å². The SMILES string of the molecule is COc1ccc2cc3[n+](cc2c1OCCCCn1cc(CN(C(C)C)C(C)C)nn1)CCc1cc2c(cc1-3)OCO2.[Br-]. The molecule has 4 heterocycles. The molecule has 2 aliphatic rings. The molecule has 0 fully saturated rings. The number of aromatic nitrogens is 4. The van der Waals surface area contributed by atoms with Crippen LogP contribution in [-0.4, -0.2) is 52.5 Å². The van der Waals surface area contributed by atoms with Gasteiger partial charge in [0.05, 0.1) is 30.4 Å². The summed E-state index contributed by atoms with van der Waals surface area (Å²) in [4.78, 5) is 2.42. The Labute approximate surface area is 258 Å². The second-order valence-corrected chi connectivity index (χ2v) is 11.5. The van der Waals surface area contributed by atoms with Gasteiger partial charge in [-0.25, -0.2) is 0 Å². The van der Waals surface area contributed by atoms with Crippen molar-refractivity contribution in [3.8, 4) is 34.3 Å². The number of rotatable bonds is 11. The number of nitrogens with zero attached hydrogens (tertiary/aromatic N) is 5. The summed E-state index contributed by atoms with van der Waals surface area (Å²) in [5.74, 6) is 3.19. The van der Waals surface area contributed by atoms with Crippen LogP contribution in [0.3, 0.4) is 0 Å². The molecule has 0 radical (unpaired) electrons. The Bertz CT molecular complexity index is 1550. The van der Waals surface area contributed by atoms with Crippen molar-refractivity contribution in [3.63, 3.8) is 0 Å². The van der Waals surface area contributed by atoms with Gasteiger partial charge in [0.25, 0.3) is 0 Å². The van der Waals surface area contributed by atoms with Gasteiger partial charge in [-0.3, -0.25) is 9.58 Å². The molecule has 6 rings (SSSR count). The van der Waals surface area contributed by atoms with Crippen molar-refractivity contribution in [1.29, 1.82) is 0 Å². The molecule has 0 spiro atoms. The second kappa shape index (κ2) is 12.9. The maximum absolute atomic E-state index is 6.38. The summed E-state index contributed by atoms with van der Waals surface area (Å²) in [6.45, 7) is 12.3. The first-order chi connectivity index (χ1) is 19.9. The highest BCUT2D eigenvalue weighted by atomic mass is 79.9. The zero-order valence-electron chi connectivity index (χ0n) is 25.1. The van der Waals surface area contributed by atoms with Crippen LogP contribution in [-0.2, 0) is 26.1 Å². The summed E-state index contributed by atoms with van der Waals surface area (Å²) in [5, 5.41) is 10.9. The fourth-order valence-corrected chi connectivity index (χ4v) is 5.93. The summed E-state index contributed by atoms with van der Waals surface area (Å²) >= 11 is 0. The Balaban J connectivity index is 0.00000353. The van der Waals surface area contributed by atoms with Crippen LogP contribution in [0, 0.1) is 0 Å².